The van der Waals surface area contributed by atoms with E-state index in [1.54, 1.807) is 6.92 Å². The van der Waals surface area contributed by atoms with Gasteiger partial charge in [0.25, 0.3) is 0 Å². The van der Waals surface area contributed by atoms with Gasteiger partial charge in [-0.15, -0.1) is 0 Å². The maximum atomic E-state index is 13.1. The van der Waals surface area contributed by atoms with Crippen LogP contribution in [0.3, 0.4) is 0 Å². The maximum Gasteiger partial charge on any atom is 0.407 e. The number of carbonyl (C=O) groups excluding carboxylic acids is 2. The Labute approximate surface area is 205 Å². The van der Waals surface area contributed by atoms with E-state index in [0.29, 0.717) is 0 Å². The molecule has 2 aromatic carbocycles. The smallest absolute Gasteiger partial charge is 0.407 e. The van der Waals surface area contributed by atoms with Crippen molar-refractivity contribution in [3.8, 4) is 11.1 Å². The van der Waals surface area contributed by atoms with E-state index in [1.807, 2.05) is 57.2 Å². The number of alkyl carbamates (subject to hydrolysis) is 1. The van der Waals surface area contributed by atoms with Gasteiger partial charge in [-0.3, -0.25) is 9.59 Å². The Morgan fingerprint density at radius 2 is 1.66 bits per heavy atom. The van der Waals surface area contributed by atoms with E-state index < -0.39 is 40.9 Å². The third-order valence-electron chi connectivity index (χ3n) is 6.99. The molecule has 0 bridgehead atoms. The first-order valence-electron chi connectivity index (χ1n) is 11.8. The quantitative estimate of drug-likeness (QED) is 0.583. The van der Waals surface area contributed by atoms with Crippen LogP contribution in [0.4, 0.5) is 4.79 Å². The summed E-state index contributed by atoms with van der Waals surface area (Å²) in [5.41, 5.74) is 2.58. The molecule has 1 heterocycles. The second-order valence-corrected chi connectivity index (χ2v) is 10.6. The number of carboxylic acid groups (broad SMARTS) is 1. The van der Waals surface area contributed by atoms with Gasteiger partial charge in [-0.25, -0.2) is 4.79 Å². The summed E-state index contributed by atoms with van der Waals surface area (Å²) in [6, 6.07) is 14.5. The van der Waals surface area contributed by atoms with Gasteiger partial charge in [-0.05, 0) is 34.6 Å². The van der Waals surface area contributed by atoms with E-state index >= 15 is 0 Å². The molecule has 35 heavy (non-hydrogen) atoms. The highest BCUT2D eigenvalue weighted by atomic mass is 16.5. The lowest BCUT2D eigenvalue weighted by Crippen LogP contribution is -2.58. The van der Waals surface area contributed by atoms with Crippen LogP contribution in [0, 0.1) is 10.8 Å². The molecular formula is C27H32N2O6. The van der Waals surface area contributed by atoms with E-state index in [1.165, 1.54) is 0 Å². The fourth-order valence-corrected chi connectivity index (χ4v) is 4.77. The van der Waals surface area contributed by atoms with Gasteiger partial charge in [0.2, 0.25) is 5.91 Å². The normalized spacial score (nSPS) is 22.1. The Kier molecular flexibility index (Phi) is 6.60. The number of nitrogens with one attached hydrogen (secondary N) is 2. The SMILES string of the molecule is CC1(C(=O)O)COCC1NC(=O)[C@@H](NC(=O)OCC1c2ccccc2-c2ccccc21)C(C)(C)C. The van der Waals surface area contributed by atoms with E-state index in [4.69, 9.17) is 9.47 Å². The minimum atomic E-state index is -1.23. The van der Waals surface area contributed by atoms with Crippen LogP contribution in [0.25, 0.3) is 11.1 Å². The number of carboxylic acids is 1. The first-order valence-corrected chi connectivity index (χ1v) is 11.8. The molecule has 2 aliphatic rings. The lowest BCUT2D eigenvalue weighted by molar-refractivity contribution is -0.149. The Bertz CT molecular complexity index is 1090. The molecule has 2 amide bonds. The molecule has 1 saturated heterocycles. The van der Waals surface area contributed by atoms with E-state index in [2.05, 4.69) is 22.8 Å². The third-order valence-corrected chi connectivity index (χ3v) is 6.99. The van der Waals surface area contributed by atoms with Crippen LogP contribution in [-0.4, -0.2) is 55.0 Å². The Balaban J connectivity index is 1.44. The standard InChI is InChI=1S/C27H32N2O6/c1-26(2,3)22(23(30)28-21-14-34-15-27(21,4)24(31)32)29-25(33)35-13-20-18-11-7-5-9-16(18)17-10-6-8-12-19(17)20/h5-12,20-22H,13-15H2,1-4H3,(H,28,30)(H,29,33)(H,31,32)/t21?,22-,27?/m1/s1. The monoisotopic (exact) mass is 480 g/mol. The fourth-order valence-electron chi connectivity index (χ4n) is 4.77. The number of hydrogen-bond donors (Lipinski definition) is 3. The van der Waals surface area contributed by atoms with Crippen molar-refractivity contribution in [3.63, 3.8) is 0 Å². The molecule has 1 fully saturated rings. The minimum absolute atomic E-state index is 0.00721. The highest BCUT2D eigenvalue weighted by Gasteiger charge is 2.48. The summed E-state index contributed by atoms with van der Waals surface area (Å²) in [6.07, 6.45) is -0.703. The van der Waals surface area contributed by atoms with Crippen LogP contribution in [-0.2, 0) is 19.1 Å². The predicted octanol–water partition coefficient (Wildman–Crippen LogP) is 3.55. The largest absolute Gasteiger partial charge is 0.481 e. The Hall–Kier alpha value is -3.39. The zero-order chi connectivity index (χ0) is 25.4. The molecule has 3 N–H and O–H groups in total. The molecule has 0 saturated carbocycles. The number of carbonyl (C=O) groups is 3. The zero-order valence-corrected chi connectivity index (χ0v) is 20.5. The van der Waals surface area contributed by atoms with Crippen molar-refractivity contribution in [2.75, 3.05) is 19.8 Å². The average molecular weight is 481 g/mol. The maximum absolute atomic E-state index is 13.1. The predicted molar refractivity (Wildman–Crippen MR) is 130 cm³/mol. The molecule has 8 nitrogen and oxygen atoms in total. The van der Waals surface area contributed by atoms with Crippen molar-refractivity contribution in [2.45, 2.75) is 45.7 Å². The average Bonchev–Trinajstić information content (AvgIpc) is 3.34. The molecule has 2 unspecified atom stereocenters. The number of amides is 2. The number of fused-ring (bicyclic) bond motifs is 3. The second kappa shape index (κ2) is 9.34. The van der Waals surface area contributed by atoms with Gasteiger partial charge in [0, 0.05) is 5.92 Å². The number of aliphatic carboxylic acids is 1. The van der Waals surface area contributed by atoms with E-state index in [-0.39, 0.29) is 25.7 Å². The summed E-state index contributed by atoms with van der Waals surface area (Å²) in [5.74, 6) is -1.62. The molecule has 1 aliphatic carbocycles. The summed E-state index contributed by atoms with van der Waals surface area (Å²) in [7, 11) is 0. The van der Waals surface area contributed by atoms with Gasteiger partial charge in [-0.2, -0.15) is 0 Å². The van der Waals surface area contributed by atoms with Gasteiger partial charge >= 0.3 is 12.1 Å². The highest BCUT2D eigenvalue weighted by Crippen LogP contribution is 2.44. The van der Waals surface area contributed by atoms with Gasteiger partial charge in [-0.1, -0.05) is 69.3 Å². The van der Waals surface area contributed by atoms with Crippen LogP contribution >= 0.6 is 0 Å². The van der Waals surface area contributed by atoms with Gasteiger partial charge in [0.15, 0.2) is 0 Å². The fraction of sp³-hybridized carbons (Fsp3) is 0.444. The third kappa shape index (κ3) is 4.75. The molecule has 0 aromatic heterocycles. The number of hydrogen-bond acceptors (Lipinski definition) is 5. The van der Waals surface area contributed by atoms with Crippen LogP contribution in [0.2, 0.25) is 0 Å². The van der Waals surface area contributed by atoms with Crippen LogP contribution in [0.15, 0.2) is 48.5 Å². The zero-order valence-electron chi connectivity index (χ0n) is 20.5. The van der Waals surface area contributed by atoms with Crippen molar-refractivity contribution in [3.05, 3.63) is 59.7 Å². The van der Waals surface area contributed by atoms with E-state index in [0.717, 1.165) is 22.3 Å². The molecule has 186 valence electrons. The van der Waals surface area contributed by atoms with Crippen molar-refractivity contribution in [1.82, 2.24) is 10.6 Å². The van der Waals surface area contributed by atoms with Crippen molar-refractivity contribution in [1.29, 1.82) is 0 Å². The summed E-state index contributed by atoms with van der Waals surface area (Å²) in [5, 5.41) is 15.1. The van der Waals surface area contributed by atoms with Crippen LogP contribution in [0.5, 0.6) is 0 Å². The number of benzene rings is 2. The lowest BCUT2D eigenvalue weighted by atomic mass is 9.83. The minimum Gasteiger partial charge on any atom is -0.481 e. The van der Waals surface area contributed by atoms with Crippen LogP contribution in [0.1, 0.15) is 44.7 Å². The van der Waals surface area contributed by atoms with Crippen molar-refractivity contribution >= 4 is 18.0 Å². The molecule has 0 spiro atoms. The molecular weight excluding hydrogens is 448 g/mol. The van der Waals surface area contributed by atoms with Gasteiger partial charge < -0.3 is 25.2 Å². The van der Waals surface area contributed by atoms with Crippen LogP contribution < -0.4 is 10.6 Å². The first-order chi connectivity index (χ1) is 16.5. The number of rotatable bonds is 6. The van der Waals surface area contributed by atoms with Gasteiger partial charge in [0.05, 0.1) is 19.3 Å². The molecule has 4 rings (SSSR count). The topological polar surface area (TPSA) is 114 Å². The Morgan fingerprint density at radius 3 is 2.20 bits per heavy atom. The summed E-state index contributed by atoms with van der Waals surface area (Å²) in [6.45, 7) is 7.24. The molecule has 3 atom stereocenters. The number of ether oxygens (including phenoxy) is 2. The molecule has 2 aromatic rings. The van der Waals surface area contributed by atoms with Crippen molar-refractivity contribution < 1.29 is 29.0 Å². The van der Waals surface area contributed by atoms with Gasteiger partial charge in [0.1, 0.15) is 18.1 Å². The Morgan fingerprint density at radius 1 is 1.09 bits per heavy atom. The van der Waals surface area contributed by atoms with Crippen molar-refractivity contribution in [2.24, 2.45) is 10.8 Å². The summed E-state index contributed by atoms with van der Waals surface area (Å²) < 4.78 is 10.9. The lowest BCUT2D eigenvalue weighted by Gasteiger charge is -2.33. The summed E-state index contributed by atoms with van der Waals surface area (Å²) in [4.78, 5) is 37.7. The first kappa shape index (κ1) is 24.7. The second-order valence-electron chi connectivity index (χ2n) is 10.6. The molecule has 8 heteroatoms. The summed E-state index contributed by atoms with van der Waals surface area (Å²) >= 11 is 0. The van der Waals surface area contributed by atoms with E-state index in [9.17, 15) is 19.5 Å². The molecule has 0 radical (unpaired) electrons. The highest BCUT2D eigenvalue weighted by molar-refractivity contribution is 5.88. The molecule has 1 aliphatic heterocycles.